The van der Waals surface area contributed by atoms with Crippen molar-refractivity contribution in [1.82, 2.24) is 0 Å². The van der Waals surface area contributed by atoms with E-state index in [1.54, 1.807) is 0 Å². The van der Waals surface area contributed by atoms with Crippen LogP contribution >= 0.6 is 0 Å². The molecule has 2 aliphatic rings. The predicted octanol–water partition coefficient (Wildman–Crippen LogP) is -0.385. The van der Waals surface area contributed by atoms with Gasteiger partial charge in [-0.15, -0.1) is 6.10 Å². The molecule has 4 heteroatoms. The molecular formula is C19H24ClNORu. The first-order chi connectivity index (χ1) is 9.99. The standard InChI is InChI=1S/C10H14.C9H10NO.ClH.Ru/c1-8(2)10-6-4-9(3)5-7-10;10-9-7-4-2-1-3-6(7)5-8(9)11;;/h4-8H,1-3H3;1-4,8-9H,5,10H2;1H;/q;-1;;+2/p-1/t;8-,9+;;/m.1../s1. The van der Waals surface area contributed by atoms with Gasteiger partial charge < -0.3 is 23.2 Å². The molecule has 0 saturated heterocycles. The number of halogens is 1. The van der Waals surface area contributed by atoms with Gasteiger partial charge in [0.1, 0.15) is 0 Å². The molecule has 2 aliphatic carbocycles. The van der Waals surface area contributed by atoms with Crippen LogP contribution in [0.4, 0.5) is 0 Å². The summed E-state index contributed by atoms with van der Waals surface area (Å²) in [6.07, 6.45) is 8.68. The van der Waals surface area contributed by atoms with Gasteiger partial charge in [-0.25, -0.2) is 0 Å². The van der Waals surface area contributed by atoms with Gasteiger partial charge in [-0.05, 0) is 61.0 Å². The van der Waals surface area contributed by atoms with Crippen molar-refractivity contribution >= 4 is 0 Å². The SMILES string of the molecule is C[C]1[CH][CH][C](C(C)C)[CH][CH]1.N[C@H]1c2ccccc2C[C@H]1[O-].[Cl-].[Ru+2]. The molecule has 6 radical (unpaired) electrons. The molecule has 0 amide bonds. The van der Waals surface area contributed by atoms with Crippen molar-refractivity contribution in [2.45, 2.75) is 39.3 Å². The third-order valence-corrected chi connectivity index (χ3v) is 3.98. The van der Waals surface area contributed by atoms with E-state index in [0.29, 0.717) is 12.3 Å². The Morgan fingerprint density at radius 2 is 1.65 bits per heavy atom. The smallest absolute Gasteiger partial charge is 1.00 e. The molecule has 0 aromatic heterocycles. The second kappa shape index (κ2) is 10.8. The summed E-state index contributed by atoms with van der Waals surface area (Å²) in [7, 11) is 0. The van der Waals surface area contributed by atoms with Gasteiger partial charge in [-0.3, -0.25) is 0 Å². The van der Waals surface area contributed by atoms with Gasteiger partial charge in [0, 0.05) is 6.04 Å². The second-order valence-electron chi connectivity index (χ2n) is 6.03. The van der Waals surface area contributed by atoms with Crippen LogP contribution in [0.15, 0.2) is 24.3 Å². The molecule has 0 bridgehead atoms. The van der Waals surface area contributed by atoms with Crippen LogP contribution in [0.1, 0.15) is 37.9 Å². The number of nitrogens with two attached hydrogens (primary N) is 1. The topological polar surface area (TPSA) is 49.1 Å². The predicted molar refractivity (Wildman–Crippen MR) is 85.1 cm³/mol. The van der Waals surface area contributed by atoms with E-state index in [1.165, 1.54) is 11.8 Å². The first-order valence-electron chi connectivity index (χ1n) is 7.54. The van der Waals surface area contributed by atoms with E-state index < -0.39 is 6.10 Å². The molecule has 2 N–H and O–H groups in total. The van der Waals surface area contributed by atoms with Gasteiger partial charge in [-0.2, -0.15) is 0 Å². The summed E-state index contributed by atoms with van der Waals surface area (Å²) in [6, 6.07) is 7.51. The molecule has 23 heavy (non-hydrogen) atoms. The van der Waals surface area contributed by atoms with Crippen LogP contribution in [0.3, 0.4) is 0 Å². The van der Waals surface area contributed by atoms with Crippen LogP contribution < -0.4 is 23.2 Å². The maximum Gasteiger partial charge on any atom is 2.00 e. The van der Waals surface area contributed by atoms with Gasteiger partial charge in [0.05, 0.1) is 0 Å². The zero-order valence-corrected chi connectivity index (χ0v) is 16.3. The van der Waals surface area contributed by atoms with Crippen LogP contribution in [0, 0.1) is 43.4 Å². The maximum atomic E-state index is 11.2. The van der Waals surface area contributed by atoms with Gasteiger partial charge >= 0.3 is 19.5 Å². The fraction of sp³-hybridized carbons (Fsp3) is 0.368. The maximum absolute atomic E-state index is 11.2. The number of rotatable bonds is 1. The van der Waals surface area contributed by atoms with Crippen molar-refractivity contribution in [3.8, 4) is 0 Å². The average molecular weight is 419 g/mol. The third-order valence-electron chi connectivity index (χ3n) is 3.98. The van der Waals surface area contributed by atoms with E-state index in [2.05, 4.69) is 46.5 Å². The number of hydrogen-bond donors (Lipinski definition) is 1. The van der Waals surface area contributed by atoms with Crippen molar-refractivity contribution in [1.29, 1.82) is 0 Å². The summed E-state index contributed by atoms with van der Waals surface area (Å²) in [6.45, 7) is 6.54. The minimum absolute atomic E-state index is 0. The number of hydrogen-bond acceptors (Lipinski definition) is 2. The van der Waals surface area contributed by atoms with Crippen molar-refractivity contribution in [2.75, 3.05) is 0 Å². The molecule has 0 heterocycles. The van der Waals surface area contributed by atoms with Crippen molar-refractivity contribution in [2.24, 2.45) is 11.7 Å². The number of fused-ring (bicyclic) bond motifs is 1. The van der Waals surface area contributed by atoms with E-state index in [4.69, 9.17) is 5.73 Å². The molecular weight excluding hydrogens is 395 g/mol. The summed E-state index contributed by atoms with van der Waals surface area (Å²) in [5.41, 5.74) is 7.84. The Morgan fingerprint density at radius 1 is 1.09 bits per heavy atom. The zero-order valence-electron chi connectivity index (χ0n) is 13.8. The third kappa shape index (κ3) is 6.46. The minimum atomic E-state index is -0.632. The molecule has 1 fully saturated rings. The molecule has 0 aliphatic heterocycles. The molecule has 1 saturated carbocycles. The Kier molecular flexibility index (Phi) is 10.8. The van der Waals surface area contributed by atoms with Crippen LogP contribution in [-0.4, -0.2) is 6.10 Å². The minimum Gasteiger partial charge on any atom is -1.00 e. The van der Waals surface area contributed by atoms with E-state index in [0.717, 1.165) is 11.1 Å². The van der Waals surface area contributed by atoms with Gasteiger partial charge in [0.25, 0.3) is 0 Å². The van der Waals surface area contributed by atoms with Gasteiger partial charge in [-0.1, -0.05) is 45.0 Å². The Balaban J connectivity index is 0.000000389. The molecule has 2 atom stereocenters. The first kappa shape index (κ1) is 23.1. The Labute approximate surface area is 160 Å². The average Bonchev–Trinajstić information content (AvgIpc) is 2.76. The summed E-state index contributed by atoms with van der Waals surface area (Å²) < 4.78 is 0. The molecule has 3 rings (SSSR count). The van der Waals surface area contributed by atoms with Gasteiger partial charge in [0.15, 0.2) is 0 Å². The molecule has 126 valence electrons. The second-order valence-corrected chi connectivity index (χ2v) is 6.03. The first-order valence-corrected chi connectivity index (χ1v) is 7.54. The summed E-state index contributed by atoms with van der Waals surface area (Å²) in [5.74, 6) is 3.41. The van der Waals surface area contributed by atoms with Crippen LogP contribution in [0.5, 0.6) is 0 Å². The van der Waals surface area contributed by atoms with E-state index in [1.807, 2.05) is 24.3 Å². The van der Waals surface area contributed by atoms with Crippen LogP contribution in [0.2, 0.25) is 0 Å². The fourth-order valence-electron chi connectivity index (χ4n) is 2.54. The zero-order chi connectivity index (χ0) is 15.4. The van der Waals surface area contributed by atoms with E-state index in [9.17, 15) is 5.11 Å². The van der Waals surface area contributed by atoms with E-state index in [-0.39, 0.29) is 37.9 Å². The quantitative estimate of drug-likeness (QED) is 0.632. The fourth-order valence-corrected chi connectivity index (χ4v) is 2.54. The van der Waals surface area contributed by atoms with Crippen LogP contribution in [-0.2, 0) is 25.9 Å². The Bertz CT molecular complexity index is 447. The Hall–Kier alpha value is 0.0534. The number of benzene rings is 1. The summed E-state index contributed by atoms with van der Waals surface area (Å²) >= 11 is 0. The van der Waals surface area contributed by atoms with Crippen LogP contribution in [0.25, 0.3) is 0 Å². The molecule has 0 spiro atoms. The summed E-state index contributed by atoms with van der Waals surface area (Å²) in [4.78, 5) is 0. The van der Waals surface area contributed by atoms with Gasteiger partial charge in [0.2, 0.25) is 0 Å². The monoisotopic (exact) mass is 419 g/mol. The van der Waals surface area contributed by atoms with Crippen molar-refractivity contribution < 1.29 is 37.0 Å². The largest absolute Gasteiger partial charge is 2.00 e. The Morgan fingerprint density at radius 3 is 2.17 bits per heavy atom. The molecule has 2 nitrogen and oxygen atoms in total. The molecule has 1 aromatic rings. The van der Waals surface area contributed by atoms with Crippen molar-refractivity contribution in [3.05, 3.63) is 72.9 Å². The van der Waals surface area contributed by atoms with E-state index >= 15 is 0 Å². The molecule has 0 unspecified atom stereocenters. The molecule has 1 aromatic carbocycles. The normalized spacial score (nSPS) is 24.1. The van der Waals surface area contributed by atoms with Crippen molar-refractivity contribution in [3.63, 3.8) is 0 Å². The summed E-state index contributed by atoms with van der Waals surface area (Å²) in [5, 5.41) is 11.2.